The molecule has 0 aliphatic carbocycles. The average Bonchev–Trinajstić information content (AvgIpc) is 3.35. The average molecular weight is 567 g/mol. The first-order valence-corrected chi connectivity index (χ1v) is 11.0. The maximum atomic E-state index is 12.3. The minimum absolute atomic E-state index is 0. The molecule has 1 aliphatic heterocycles. The number of urea groups is 1. The Hall–Kier alpha value is -2.53. The highest BCUT2D eigenvalue weighted by atomic mass is 127. The zero-order valence-electron chi connectivity index (χ0n) is 19.3. The summed E-state index contributed by atoms with van der Waals surface area (Å²) in [4.78, 5) is 18.5. The van der Waals surface area contributed by atoms with Gasteiger partial charge in [-0.25, -0.2) is 4.79 Å². The maximum Gasteiger partial charge on any atom is 0.321 e. The quantitative estimate of drug-likeness (QED) is 0.179. The molecule has 0 aromatic heterocycles. The molecule has 180 valence electrons. The van der Waals surface area contributed by atoms with Crippen LogP contribution < -0.4 is 20.7 Å². The Labute approximate surface area is 213 Å². The zero-order chi connectivity index (χ0) is 22.6. The smallest absolute Gasteiger partial charge is 0.321 e. The molecule has 9 heteroatoms. The number of halogens is 1. The van der Waals surface area contributed by atoms with Gasteiger partial charge in [-0.2, -0.15) is 0 Å². The molecular formula is C24H34IN5O3. The molecule has 0 bridgehead atoms. The highest BCUT2D eigenvalue weighted by molar-refractivity contribution is 14.0. The lowest BCUT2D eigenvalue weighted by atomic mass is 10.2. The number of carbonyl (C=O) groups is 1. The Balaban J connectivity index is 0.00000385. The molecule has 0 unspecified atom stereocenters. The molecular weight excluding hydrogens is 533 g/mol. The second kappa shape index (κ2) is 14.6. The largest absolute Gasteiger partial charge is 0.493 e. The Kier molecular flexibility index (Phi) is 11.8. The minimum Gasteiger partial charge on any atom is -0.493 e. The van der Waals surface area contributed by atoms with E-state index in [1.54, 1.807) is 14.2 Å². The number of likely N-dealkylation sites (tertiary alicyclic amines) is 1. The summed E-state index contributed by atoms with van der Waals surface area (Å²) in [6.45, 7) is 3.51. The summed E-state index contributed by atoms with van der Waals surface area (Å²) < 4.78 is 10.8. The first-order chi connectivity index (χ1) is 15.7. The predicted molar refractivity (Wildman–Crippen MR) is 144 cm³/mol. The Morgan fingerprint density at radius 3 is 2.48 bits per heavy atom. The number of methoxy groups -OCH3 is 1. The number of benzene rings is 2. The third-order valence-electron chi connectivity index (χ3n) is 5.11. The fraction of sp³-hybridized carbons (Fsp3) is 0.417. The molecule has 8 nitrogen and oxygen atoms in total. The maximum absolute atomic E-state index is 12.3. The summed E-state index contributed by atoms with van der Waals surface area (Å²) in [5.41, 5.74) is 2.72. The van der Waals surface area contributed by atoms with Crippen molar-refractivity contribution in [3.8, 4) is 5.75 Å². The number of carbonyl (C=O) groups excluding carboxylic acids is 1. The van der Waals surface area contributed by atoms with Gasteiger partial charge in [-0.15, -0.1) is 24.0 Å². The molecule has 0 radical (unpaired) electrons. The van der Waals surface area contributed by atoms with Gasteiger partial charge in [0.05, 0.1) is 6.61 Å². The monoisotopic (exact) mass is 567 g/mol. The Morgan fingerprint density at radius 2 is 1.76 bits per heavy atom. The van der Waals surface area contributed by atoms with Crippen molar-refractivity contribution in [3.05, 3.63) is 54.1 Å². The molecule has 2 amide bonds. The van der Waals surface area contributed by atoms with E-state index >= 15 is 0 Å². The number of nitrogens with zero attached hydrogens (tertiary/aromatic N) is 2. The van der Waals surface area contributed by atoms with E-state index in [9.17, 15) is 4.79 Å². The van der Waals surface area contributed by atoms with Crippen molar-refractivity contribution in [3.63, 3.8) is 0 Å². The van der Waals surface area contributed by atoms with Gasteiger partial charge in [0, 0.05) is 64.3 Å². The molecule has 2 aromatic carbocycles. The SMILES string of the molecule is CN=C(NCc1cccc(NC(=O)N2CCCC2)c1)Nc1cccc(OCCCOC)c1.I. The highest BCUT2D eigenvalue weighted by Gasteiger charge is 2.17. The number of hydrogen-bond acceptors (Lipinski definition) is 4. The van der Waals surface area contributed by atoms with Crippen LogP contribution in [-0.2, 0) is 11.3 Å². The van der Waals surface area contributed by atoms with Crippen LogP contribution in [0.3, 0.4) is 0 Å². The van der Waals surface area contributed by atoms with Crippen LogP contribution in [0.25, 0.3) is 0 Å². The van der Waals surface area contributed by atoms with E-state index in [1.807, 2.05) is 53.4 Å². The topological polar surface area (TPSA) is 87.2 Å². The number of ether oxygens (including phenoxy) is 2. The summed E-state index contributed by atoms with van der Waals surface area (Å²) in [5.74, 6) is 1.44. The van der Waals surface area contributed by atoms with Gasteiger partial charge in [0.2, 0.25) is 0 Å². The van der Waals surface area contributed by atoms with Crippen molar-refractivity contribution in [2.45, 2.75) is 25.8 Å². The van der Waals surface area contributed by atoms with Gasteiger partial charge in [-0.1, -0.05) is 18.2 Å². The summed E-state index contributed by atoms with van der Waals surface area (Å²) >= 11 is 0. The molecule has 1 heterocycles. The second-order valence-electron chi connectivity index (χ2n) is 7.60. The zero-order valence-corrected chi connectivity index (χ0v) is 21.6. The van der Waals surface area contributed by atoms with Gasteiger partial charge in [0.15, 0.2) is 5.96 Å². The lowest BCUT2D eigenvalue weighted by molar-refractivity contribution is 0.172. The van der Waals surface area contributed by atoms with Crippen molar-refractivity contribution in [1.82, 2.24) is 10.2 Å². The van der Waals surface area contributed by atoms with Crippen LogP contribution in [0.15, 0.2) is 53.5 Å². The Morgan fingerprint density at radius 1 is 1.03 bits per heavy atom. The first-order valence-electron chi connectivity index (χ1n) is 11.0. The highest BCUT2D eigenvalue weighted by Crippen LogP contribution is 2.18. The number of hydrogen-bond donors (Lipinski definition) is 3. The van der Waals surface area contributed by atoms with Gasteiger partial charge in [0.1, 0.15) is 5.75 Å². The molecule has 1 aliphatic rings. The Bertz CT molecular complexity index is 903. The molecule has 3 N–H and O–H groups in total. The van der Waals surface area contributed by atoms with E-state index in [0.29, 0.717) is 25.7 Å². The molecule has 1 fully saturated rings. The first kappa shape index (κ1) is 26.7. The van der Waals surface area contributed by atoms with E-state index in [1.165, 1.54) is 0 Å². The van der Waals surface area contributed by atoms with Crippen molar-refractivity contribution in [1.29, 1.82) is 0 Å². The number of anilines is 2. The van der Waals surface area contributed by atoms with Crippen LogP contribution in [0.1, 0.15) is 24.8 Å². The van der Waals surface area contributed by atoms with Crippen LogP contribution in [0.5, 0.6) is 5.75 Å². The van der Waals surface area contributed by atoms with E-state index in [2.05, 4.69) is 20.9 Å². The number of amides is 2. The van der Waals surface area contributed by atoms with E-state index < -0.39 is 0 Å². The molecule has 2 aromatic rings. The van der Waals surface area contributed by atoms with Crippen LogP contribution in [0, 0.1) is 0 Å². The standard InChI is InChI=1S/C24H33N5O3.HI/c1-25-23(27-21-10-6-11-22(17-21)32-15-7-14-31-2)26-18-19-8-5-9-20(16-19)28-24(30)29-12-3-4-13-29;/h5-6,8-11,16-17H,3-4,7,12-15,18H2,1-2H3,(H,28,30)(H2,25,26,27);1H. The van der Waals surface area contributed by atoms with Crippen LogP contribution in [0.4, 0.5) is 16.2 Å². The number of rotatable bonds is 9. The summed E-state index contributed by atoms with van der Waals surface area (Å²) in [7, 11) is 3.41. The molecule has 33 heavy (non-hydrogen) atoms. The van der Waals surface area contributed by atoms with Gasteiger partial charge in [-0.3, -0.25) is 4.99 Å². The van der Waals surface area contributed by atoms with Crippen molar-refractivity contribution in [2.75, 3.05) is 51.1 Å². The van der Waals surface area contributed by atoms with E-state index in [0.717, 1.165) is 55.0 Å². The van der Waals surface area contributed by atoms with Gasteiger partial charge in [-0.05, 0) is 42.7 Å². The molecule has 3 rings (SSSR count). The summed E-state index contributed by atoms with van der Waals surface area (Å²) in [6, 6.07) is 15.6. The number of guanidine groups is 1. The lowest BCUT2D eigenvalue weighted by Gasteiger charge is -2.17. The fourth-order valence-electron chi connectivity index (χ4n) is 3.44. The summed E-state index contributed by atoms with van der Waals surface area (Å²) in [6.07, 6.45) is 2.99. The second-order valence-corrected chi connectivity index (χ2v) is 7.60. The lowest BCUT2D eigenvalue weighted by Crippen LogP contribution is -2.32. The molecule has 0 saturated carbocycles. The van der Waals surface area contributed by atoms with Crippen LogP contribution in [0.2, 0.25) is 0 Å². The third kappa shape index (κ3) is 9.09. The van der Waals surface area contributed by atoms with Crippen LogP contribution in [-0.4, -0.2) is 57.4 Å². The van der Waals surface area contributed by atoms with Crippen molar-refractivity contribution in [2.24, 2.45) is 4.99 Å². The van der Waals surface area contributed by atoms with E-state index in [-0.39, 0.29) is 30.0 Å². The van der Waals surface area contributed by atoms with Gasteiger partial charge in [0.25, 0.3) is 0 Å². The molecule has 0 atom stereocenters. The summed E-state index contributed by atoms with van der Waals surface area (Å²) in [5, 5.41) is 9.58. The number of aliphatic imine (C=N–C) groups is 1. The van der Waals surface area contributed by atoms with Crippen molar-refractivity contribution < 1.29 is 14.3 Å². The fourth-order valence-corrected chi connectivity index (χ4v) is 3.44. The van der Waals surface area contributed by atoms with Crippen LogP contribution >= 0.6 is 24.0 Å². The van der Waals surface area contributed by atoms with E-state index in [4.69, 9.17) is 9.47 Å². The van der Waals surface area contributed by atoms with Crippen molar-refractivity contribution >= 4 is 47.3 Å². The predicted octanol–water partition coefficient (Wildman–Crippen LogP) is 4.54. The normalized spacial score (nSPS) is 13.3. The third-order valence-corrected chi connectivity index (χ3v) is 5.11. The van der Waals surface area contributed by atoms with Gasteiger partial charge >= 0.3 is 6.03 Å². The minimum atomic E-state index is -0.0330. The number of nitrogens with one attached hydrogen (secondary N) is 3. The molecule has 0 spiro atoms. The molecule has 1 saturated heterocycles. The van der Waals surface area contributed by atoms with Gasteiger partial charge < -0.3 is 30.3 Å².